The molecule has 0 unspecified atom stereocenters. The Kier molecular flexibility index (Phi) is 4.10. The van der Waals surface area contributed by atoms with Gasteiger partial charge >= 0.3 is 0 Å². The highest BCUT2D eigenvalue weighted by atomic mass is 15.3. The first-order valence-corrected chi connectivity index (χ1v) is 7.24. The third-order valence-electron chi connectivity index (χ3n) is 4.06. The van der Waals surface area contributed by atoms with Crippen LogP contribution in [0.3, 0.4) is 0 Å². The molecule has 1 aromatic rings. The fourth-order valence-electron chi connectivity index (χ4n) is 2.72. The maximum Gasteiger partial charge on any atom is 0.0543 e. The van der Waals surface area contributed by atoms with Gasteiger partial charge in [0.1, 0.15) is 0 Å². The summed E-state index contributed by atoms with van der Waals surface area (Å²) in [6.45, 7) is 9.80. The van der Waals surface area contributed by atoms with Crippen molar-refractivity contribution in [2.75, 3.05) is 0 Å². The van der Waals surface area contributed by atoms with E-state index in [0.29, 0.717) is 6.04 Å². The van der Waals surface area contributed by atoms with Gasteiger partial charge in [-0.2, -0.15) is 5.10 Å². The van der Waals surface area contributed by atoms with E-state index in [9.17, 15) is 0 Å². The molecular formula is C15H27N3. The van der Waals surface area contributed by atoms with Crippen LogP contribution in [0.1, 0.15) is 58.9 Å². The average Bonchev–Trinajstić information content (AvgIpc) is 2.96. The summed E-state index contributed by atoms with van der Waals surface area (Å²) in [6.07, 6.45) is 9.77. The summed E-state index contributed by atoms with van der Waals surface area (Å²) < 4.78 is 2.05. The molecule has 0 amide bonds. The predicted molar refractivity (Wildman–Crippen MR) is 75.5 cm³/mol. The third-order valence-corrected chi connectivity index (χ3v) is 4.06. The molecule has 0 saturated heterocycles. The van der Waals surface area contributed by atoms with Gasteiger partial charge in [0, 0.05) is 24.3 Å². The number of aromatic nitrogens is 2. The van der Waals surface area contributed by atoms with Crippen LogP contribution in [0.25, 0.3) is 0 Å². The quantitative estimate of drug-likeness (QED) is 0.887. The van der Waals surface area contributed by atoms with Gasteiger partial charge in [-0.1, -0.05) is 12.8 Å². The molecule has 1 N–H and O–H groups in total. The highest BCUT2D eigenvalue weighted by Crippen LogP contribution is 2.27. The SMILES string of the molecule is C[C@@H](NCc1cnn(C(C)(C)C)c1)C1CCCC1. The van der Waals surface area contributed by atoms with E-state index in [-0.39, 0.29) is 5.54 Å². The number of rotatable bonds is 4. The van der Waals surface area contributed by atoms with E-state index in [2.05, 4.69) is 44.3 Å². The fraction of sp³-hybridized carbons (Fsp3) is 0.800. The van der Waals surface area contributed by atoms with Crippen molar-refractivity contribution in [3.63, 3.8) is 0 Å². The monoisotopic (exact) mass is 249 g/mol. The van der Waals surface area contributed by atoms with E-state index in [1.807, 2.05) is 10.9 Å². The van der Waals surface area contributed by atoms with E-state index in [1.54, 1.807) is 0 Å². The van der Waals surface area contributed by atoms with E-state index in [0.717, 1.165) is 12.5 Å². The standard InChI is InChI=1S/C15H27N3/c1-12(14-7-5-6-8-14)16-9-13-10-17-18(11-13)15(2,3)4/h10-12,14,16H,5-9H2,1-4H3/t12-/m1/s1. The number of nitrogens with zero attached hydrogens (tertiary/aromatic N) is 2. The molecular weight excluding hydrogens is 222 g/mol. The van der Waals surface area contributed by atoms with Crippen molar-refractivity contribution in [3.8, 4) is 0 Å². The van der Waals surface area contributed by atoms with E-state index in [4.69, 9.17) is 0 Å². The van der Waals surface area contributed by atoms with Gasteiger partial charge in [-0.05, 0) is 46.5 Å². The maximum absolute atomic E-state index is 4.44. The minimum atomic E-state index is 0.0787. The Labute approximate surface area is 111 Å². The second-order valence-electron chi connectivity index (χ2n) is 6.68. The first kappa shape index (κ1) is 13.6. The largest absolute Gasteiger partial charge is 0.310 e. The maximum atomic E-state index is 4.44. The molecule has 1 aliphatic carbocycles. The first-order chi connectivity index (χ1) is 8.47. The fourth-order valence-corrected chi connectivity index (χ4v) is 2.72. The Morgan fingerprint density at radius 3 is 2.61 bits per heavy atom. The van der Waals surface area contributed by atoms with Gasteiger partial charge < -0.3 is 5.32 Å². The van der Waals surface area contributed by atoms with E-state index in [1.165, 1.54) is 31.2 Å². The minimum Gasteiger partial charge on any atom is -0.310 e. The Balaban J connectivity index is 1.84. The van der Waals surface area contributed by atoms with E-state index >= 15 is 0 Å². The lowest BCUT2D eigenvalue weighted by molar-refractivity contribution is 0.354. The van der Waals surface area contributed by atoms with Crippen LogP contribution in [0.4, 0.5) is 0 Å². The van der Waals surface area contributed by atoms with Crippen molar-refractivity contribution in [2.45, 2.75) is 71.5 Å². The lowest BCUT2D eigenvalue weighted by Gasteiger charge is -2.20. The van der Waals surface area contributed by atoms with Crippen LogP contribution in [0.15, 0.2) is 12.4 Å². The van der Waals surface area contributed by atoms with Crippen molar-refractivity contribution in [1.82, 2.24) is 15.1 Å². The highest BCUT2D eigenvalue weighted by molar-refractivity contribution is 5.05. The number of hydrogen-bond acceptors (Lipinski definition) is 2. The first-order valence-electron chi connectivity index (χ1n) is 7.24. The topological polar surface area (TPSA) is 29.9 Å². The van der Waals surface area contributed by atoms with Crippen LogP contribution in [0, 0.1) is 5.92 Å². The normalized spacial score (nSPS) is 19.3. The van der Waals surface area contributed by atoms with Crippen molar-refractivity contribution in [2.24, 2.45) is 5.92 Å². The highest BCUT2D eigenvalue weighted by Gasteiger charge is 2.21. The van der Waals surface area contributed by atoms with Crippen LogP contribution in [0.2, 0.25) is 0 Å². The summed E-state index contributed by atoms with van der Waals surface area (Å²) in [4.78, 5) is 0. The summed E-state index contributed by atoms with van der Waals surface area (Å²) in [6, 6.07) is 0.630. The molecule has 1 aromatic heterocycles. The third kappa shape index (κ3) is 3.35. The molecule has 102 valence electrons. The van der Waals surface area contributed by atoms with Gasteiger partial charge in [0.05, 0.1) is 11.7 Å². The van der Waals surface area contributed by atoms with Crippen LogP contribution >= 0.6 is 0 Å². The Morgan fingerprint density at radius 2 is 2.06 bits per heavy atom. The Bertz CT molecular complexity index is 369. The van der Waals surface area contributed by atoms with Crippen molar-refractivity contribution >= 4 is 0 Å². The molecule has 1 aliphatic rings. The molecule has 1 fully saturated rings. The zero-order valence-electron chi connectivity index (χ0n) is 12.2. The van der Waals surface area contributed by atoms with Crippen LogP contribution in [0.5, 0.6) is 0 Å². The molecule has 1 heterocycles. The Morgan fingerprint density at radius 1 is 1.39 bits per heavy atom. The zero-order valence-corrected chi connectivity index (χ0v) is 12.2. The summed E-state index contributed by atoms with van der Waals surface area (Å²) >= 11 is 0. The summed E-state index contributed by atoms with van der Waals surface area (Å²) in [5, 5.41) is 8.09. The molecule has 0 spiro atoms. The lowest BCUT2D eigenvalue weighted by atomic mass is 10.00. The molecule has 3 heteroatoms. The van der Waals surface area contributed by atoms with Crippen molar-refractivity contribution < 1.29 is 0 Å². The molecule has 0 bridgehead atoms. The molecule has 2 rings (SSSR count). The molecule has 1 atom stereocenters. The van der Waals surface area contributed by atoms with Gasteiger partial charge in [0.2, 0.25) is 0 Å². The smallest absolute Gasteiger partial charge is 0.0543 e. The predicted octanol–water partition coefficient (Wildman–Crippen LogP) is 3.31. The molecule has 0 aromatic carbocycles. The average molecular weight is 249 g/mol. The molecule has 0 aliphatic heterocycles. The number of hydrogen-bond donors (Lipinski definition) is 1. The van der Waals surface area contributed by atoms with Gasteiger partial charge in [0.15, 0.2) is 0 Å². The summed E-state index contributed by atoms with van der Waals surface area (Å²) in [5.41, 5.74) is 1.37. The number of nitrogens with one attached hydrogen (secondary N) is 1. The van der Waals surface area contributed by atoms with Gasteiger partial charge in [-0.25, -0.2) is 0 Å². The van der Waals surface area contributed by atoms with Crippen LogP contribution in [-0.4, -0.2) is 15.8 Å². The second kappa shape index (κ2) is 5.43. The zero-order chi connectivity index (χ0) is 13.2. The molecule has 18 heavy (non-hydrogen) atoms. The summed E-state index contributed by atoms with van der Waals surface area (Å²) in [7, 11) is 0. The molecule has 1 saturated carbocycles. The lowest BCUT2D eigenvalue weighted by Crippen LogP contribution is -2.31. The second-order valence-corrected chi connectivity index (χ2v) is 6.68. The minimum absolute atomic E-state index is 0.0787. The van der Waals surface area contributed by atoms with Crippen LogP contribution in [-0.2, 0) is 12.1 Å². The Hall–Kier alpha value is -0.830. The van der Waals surface area contributed by atoms with E-state index < -0.39 is 0 Å². The molecule has 0 radical (unpaired) electrons. The van der Waals surface area contributed by atoms with Gasteiger partial charge in [-0.3, -0.25) is 4.68 Å². The van der Waals surface area contributed by atoms with Gasteiger partial charge in [0.25, 0.3) is 0 Å². The van der Waals surface area contributed by atoms with Crippen molar-refractivity contribution in [3.05, 3.63) is 18.0 Å². The van der Waals surface area contributed by atoms with Crippen molar-refractivity contribution in [1.29, 1.82) is 0 Å². The summed E-state index contributed by atoms with van der Waals surface area (Å²) in [5.74, 6) is 0.877. The molecule has 3 nitrogen and oxygen atoms in total. The van der Waals surface area contributed by atoms with Gasteiger partial charge in [-0.15, -0.1) is 0 Å². The van der Waals surface area contributed by atoms with Crippen LogP contribution < -0.4 is 5.32 Å².